The number of halogens is 1. The number of rotatable bonds is 3. The van der Waals surface area contributed by atoms with Crippen molar-refractivity contribution in [3.63, 3.8) is 0 Å². The van der Waals surface area contributed by atoms with Crippen LogP contribution in [-0.4, -0.2) is 27.7 Å². The zero-order valence-corrected chi connectivity index (χ0v) is 15.5. The van der Waals surface area contributed by atoms with Gasteiger partial charge < -0.3 is 10.0 Å². The Morgan fingerprint density at radius 2 is 1.59 bits per heavy atom. The predicted molar refractivity (Wildman–Crippen MR) is 104 cm³/mol. The maximum absolute atomic E-state index is 12.9. The number of aliphatic hydroxyl groups excluding tert-OH is 1. The number of Topliss-reactive ketones (excluding diaryl/α,β-unsaturated/α-hetero) is 1. The summed E-state index contributed by atoms with van der Waals surface area (Å²) in [5.41, 5.74) is 1.46. The Kier molecular flexibility index (Phi) is 4.75. The molecule has 0 spiro atoms. The number of amides is 1. The minimum absolute atomic E-state index is 0.0298. The third-order valence-electron chi connectivity index (χ3n) is 5.43. The van der Waals surface area contributed by atoms with Crippen molar-refractivity contribution in [3.05, 3.63) is 76.3 Å². The van der Waals surface area contributed by atoms with Crippen LogP contribution in [-0.2, 0) is 9.59 Å². The van der Waals surface area contributed by atoms with Gasteiger partial charge in [0.2, 0.25) is 0 Å². The molecule has 2 aromatic carbocycles. The Balaban J connectivity index is 1.87. The van der Waals surface area contributed by atoms with Crippen LogP contribution < -0.4 is 0 Å². The molecule has 1 aliphatic carbocycles. The van der Waals surface area contributed by atoms with Gasteiger partial charge in [-0.15, -0.1) is 0 Å². The van der Waals surface area contributed by atoms with Gasteiger partial charge in [0, 0.05) is 16.6 Å². The minimum atomic E-state index is -0.622. The van der Waals surface area contributed by atoms with Crippen molar-refractivity contribution in [2.45, 2.75) is 37.8 Å². The number of hydrogen-bond donors (Lipinski definition) is 1. The summed E-state index contributed by atoms with van der Waals surface area (Å²) < 4.78 is 0. The molecule has 2 aromatic rings. The summed E-state index contributed by atoms with van der Waals surface area (Å²) in [7, 11) is 0. The summed E-state index contributed by atoms with van der Waals surface area (Å²) in [5.74, 6) is -1.30. The van der Waals surface area contributed by atoms with Crippen molar-refractivity contribution < 1.29 is 14.7 Å². The van der Waals surface area contributed by atoms with E-state index in [-0.39, 0.29) is 17.4 Å². The number of hydrogen-bond acceptors (Lipinski definition) is 3. The van der Waals surface area contributed by atoms with Gasteiger partial charge in [-0.2, -0.15) is 0 Å². The van der Waals surface area contributed by atoms with E-state index in [1.807, 2.05) is 30.3 Å². The summed E-state index contributed by atoms with van der Waals surface area (Å²) in [4.78, 5) is 27.5. The highest BCUT2D eigenvalue weighted by molar-refractivity contribution is 6.46. The second-order valence-electron chi connectivity index (χ2n) is 7.06. The maximum atomic E-state index is 12.9. The van der Waals surface area contributed by atoms with Gasteiger partial charge in [-0.25, -0.2) is 0 Å². The van der Waals surface area contributed by atoms with Crippen molar-refractivity contribution in [2.75, 3.05) is 0 Å². The lowest BCUT2D eigenvalue weighted by molar-refractivity contribution is -0.141. The molecule has 2 fully saturated rings. The lowest BCUT2D eigenvalue weighted by Gasteiger charge is -2.30. The SMILES string of the molecule is O=C1C(=O)N(C2CCCC2)C(c2ccccc2)/C1=C(/O)c1ccc(Cl)cc1. The van der Waals surface area contributed by atoms with Gasteiger partial charge in [0.05, 0.1) is 11.6 Å². The van der Waals surface area contributed by atoms with E-state index < -0.39 is 17.7 Å². The largest absolute Gasteiger partial charge is 0.507 e. The highest BCUT2D eigenvalue weighted by Gasteiger charge is 2.49. The number of nitrogens with zero attached hydrogens (tertiary/aromatic N) is 1. The molecular weight excluding hydrogens is 362 g/mol. The van der Waals surface area contributed by atoms with Crippen LogP contribution in [0.2, 0.25) is 5.02 Å². The van der Waals surface area contributed by atoms with Crippen molar-refractivity contribution in [1.82, 2.24) is 4.90 Å². The molecule has 1 atom stereocenters. The molecule has 1 aliphatic heterocycles. The molecule has 1 heterocycles. The fraction of sp³-hybridized carbons (Fsp3) is 0.273. The third kappa shape index (κ3) is 3.15. The first-order valence-corrected chi connectivity index (χ1v) is 9.56. The second-order valence-corrected chi connectivity index (χ2v) is 7.50. The smallest absolute Gasteiger partial charge is 0.295 e. The molecule has 1 saturated heterocycles. The molecule has 1 unspecified atom stereocenters. The molecule has 0 radical (unpaired) electrons. The van der Waals surface area contributed by atoms with Crippen molar-refractivity contribution >= 4 is 29.1 Å². The first kappa shape index (κ1) is 17.8. The maximum Gasteiger partial charge on any atom is 0.295 e. The molecule has 138 valence electrons. The van der Waals surface area contributed by atoms with Crippen LogP contribution in [0.3, 0.4) is 0 Å². The van der Waals surface area contributed by atoms with Crippen molar-refractivity contribution in [1.29, 1.82) is 0 Å². The topological polar surface area (TPSA) is 57.6 Å². The standard InChI is InChI=1S/C22H20ClNO3/c23-16-12-10-15(11-13-16)20(25)18-19(14-6-2-1-3-7-14)24(22(27)21(18)26)17-8-4-5-9-17/h1-3,6-7,10-13,17,19,25H,4-5,8-9H2/b20-18-. The fourth-order valence-corrected chi connectivity index (χ4v) is 4.26. The van der Waals surface area contributed by atoms with E-state index in [1.54, 1.807) is 29.2 Å². The van der Waals surface area contributed by atoms with Crippen LogP contribution in [0.25, 0.3) is 5.76 Å². The molecule has 5 heteroatoms. The minimum Gasteiger partial charge on any atom is -0.507 e. The Labute approximate surface area is 163 Å². The van der Waals surface area contributed by atoms with Gasteiger partial charge in [-0.05, 0) is 42.7 Å². The number of aliphatic hydroxyl groups is 1. The second kappa shape index (κ2) is 7.20. The lowest BCUT2D eigenvalue weighted by atomic mass is 9.94. The molecule has 1 saturated carbocycles. The van der Waals surface area contributed by atoms with Gasteiger partial charge in [0.25, 0.3) is 11.7 Å². The quantitative estimate of drug-likeness (QED) is 0.476. The summed E-state index contributed by atoms with van der Waals surface area (Å²) in [6, 6.07) is 15.5. The zero-order valence-electron chi connectivity index (χ0n) is 14.8. The third-order valence-corrected chi connectivity index (χ3v) is 5.68. The molecule has 2 aliphatic rings. The van der Waals surface area contributed by atoms with Crippen molar-refractivity contribution in [3.8, 4) is 0 Å². The van der Waals surface area contributed by atoms with Crippen LogP contribution in [0.4, 0.5) is 0 Å². The molecule has 1 N–H and O–H groups in total. The number of carbonyl (C=O) groups is 2. The number of ketones is 1. The van der Waals surface area contributed by atoms with E-state index in [0.29, 0.717) is 10.6 Å². The van der Waals surface area contributed by atoms with Crippen LogP contribution in [0.5, 0.6) is 0 Å². The van der Waals surface area contributed by atoms with E-state index in [4.69, 9.17) is 11.6 Å². The zero-order chi connectivity index (χ0) is 19.0. The number of benzene rings is 2. The van der Waals surface area contributed by atoms with Gasteiger partial charge in [0.1, 0.15) is 5.76 Å². The predicted octanol–water partition coefficient (Wildman–Crippen LogP) is 4.70. The normalized spacial score (nSPS) is 22.6. The molecular formula is C22H20ClNO3. The summed E-state index contributed by atoms with van der Waals surface area (Å²) >= 11 is 5.93. The molecule has 0 aromatic heterocycles. The average Bonchev–Trinajstić information content (AvgIpc) is 3.30. The highest BCUT2D eigenvalue weighted by Crippen LogP contribution is 2.43. The summed E-state index contributed by atoms with van der Waals surface area (Å²) in [6.07, 6.45) is 3.87. The number of likely N-dealkylation sites (tertiary alicyclic amines) is 1. The summed E-state index contributed by atoms with van der Waals surface area (Å²) in [6.45, 7) is 0. The highest BCUT2D eigenvalue weighted by atomic mass is 35.5. The van der Waals surface area contributed by atoms with Gasteiger partial charge >= 0.3 is 0 Å². The fourth-order valence-electron chi connectivity index (χ4n) is 4.13. The molecule has 1 amide bonds. The van der Waals surface area contributed by atoms with Crippen LogP contribution in [0.1, 0.15) is 42.9 Å². The molecule has 0 bridgehead atoms. The number of carbonyl (C=O) groups excluding carboxylic acids is 2. The van der Waals surface area contributed by atoms with E-state index in [1.165, 1.54) is 0 Å². The Morgan fingerprint density at radius 1 is 0.963 bits per heavy atom. The lowest BCUT2D eigenvalue weighted by Crippen LogP contribution is -2.37. The van der Waals surface area contributed by atoms with Gasteiger partial charge in [-0.3, -0.25) is 9.59 Å². The summed E-state index contributed by atoms with van der Waals surface area (Å²) in [5, 5.41) is 11.5. The van der Waals surface area contributed by atoms with Gasteiger partial charge in [-0.1, -0.05) is 54.8 Å². The first-order valence-electron chi connectivity index (χ1n) is 9.19. The Bertz CT molecular complexity index is 899. The van der Waals surface area contributed by atoms with E-state index in [9.17, 15) is 14.7 Å². The Morgan fingerprint density at radius 3 is 2.22 bits per heavy atom. The average molecular weight is 382 g/mol. The molecule has 4 nitrogen and oxygen atoms in total. The van der Waals surface area contributed by atoms with Crippen LogP contribution >= 0.6 is 11.6 Å². The van der Waals surface area contributed by atoms with E-state index in [0.717, 1.165) is 31.2 Å². The van der Waals surface area contributed by atoms with Gasteiger partial charge in [0.15, 0.2) is 0 Å². The van der Waals surface area contributed by atoms with E-state index >= 15 is 0 Å². The molecule has 4 rings (SSSR count). The Hall–Kier alpha value is -2.59. The van der Waals surface area contributed by atoms with Crippen LogP contribution in [0, 0.1) is 0 Å². The molecule has 27 heavy (non-hydrogen) atoms. The van der Waals surface area contributed by atoms with E-state index in [2.05, 4.69) is 0 Å². The van der Waals surface area contributed by atoms with Crippen molar-refractivity contribution in [2.24, 2.45) is 0 Å². The van der Waals surface area contributed by atoms with Crippen LogP contribution in [0.15, 0.2) is 60.2 Å². The first-order chi connectivity index (χ1) is 13.1. The monoisotopic (exact) mass is 381 g/mol.